The van der Waals surface area contributed by atoms with Crippen LogP contribution in [-0.2, 0) is 4.74 Å². The number of hydrogen-bond donors (Lipinski definition) is 1. The fourth-order valence-electron chi connectivity index (χ4n) is 6.36. The topological polar surface area (TPSA) is 59.0 Å². The Hall–Kier alpha value is -1.75. The highest BCUT2D eigenvalue weighted by Crippen LogP contribution is 2.40. The lowest BCUT2D eigenvalue weighted by molar-refractivity contribution is 0.00687. The Balaban J connectivity index is 1.25. The van der Waals surface area contributed by atoms with Gasteiger partial charge in [-0.15, -0.1) is 0 Å². The molecule has 184 valence electrons. The maximum Gasteiger partial charge on any atom is 0.506 e. The van der Waals surface area contributed by atoms with Crippen LogP contribution in [0.1, 0.15) is 96.5 Å². The zero-order chi connectivity index (χ0) is 23.4. The van der Waals surface area contributed by atoms with E-state index in [1.165, 1.54) is 56.9 Å². The molecule has 33 heavy (non-hydrogen) atoms. The van der Waals surface area contributed by atoms with Crippen molar-refractivity contribution in [2.45, 2.75) is 109 Å². The van der Waals surface area contributed by atoms with Gasteiger partial charge in [0.2, 0.25) is 0 Å². The first-order valence-electron chi connectivity index (χ1n) is 13.2. The molecule has 3 aliphatic rings. The van der Waals surface area contributed by atoms with Crippen molar-refractivity contribution in [3.63, 3.8) is 0 Å². The Morgan fingerprint density at radius 2 is 1.58 bits per heavy atom. The van der Waals surface area contributed by atoms with Gasteiger partial charge in [-0.25, -0.2) is 4.79 Å². The van der Waals surface area contributed by atoms with Gasteiger partial charge in [0.15, 0.2) is 0 Å². The second kappa shape index (κ2) is 10.7. The summed E-state index contributed by atoms with van der Waals surface area (Å²) in [5, 5.41) is 8.85. The molecule has 5 nitrogen and oxygen atoms in total. The van der Waals surface area contributed by atoms with Gasteiger partial charge in [0.1, 0.15) is 11.9 Å². The van der Waals surface area contributed by atoms with Crippen LogP contribution in [0.3, 0.4) is 0 Å². The number of rotatable bonds is 5. The summed E-state index contributed by atoms with van der Waals surface area (Å²) in [6, 6.07) is 9.54. The maximum atomic E-state index is 10.8. The summed E-state index contributed by atoms with van der Waals surface area (Å²) in [4.78, 5) is 13.4. The molecule has 5 heteroatoms. The monoisotopic (exact) mass is 457 g/mol. The van der Waals surface area contributed by atoms with E-state index in [2.05, 4.69) is 49.9 Å². The van der Waals surface area contributed by atoms with Crippen LogP contribution >= 0.6 is 0 Å². The summed E-state index contributed by atoms with van der Waals surface area (Å²) < 4.78 is 11.3. The molecular weight excluding hydrogens is 414 g/mol. The van der Waals surface area contributed by atoms with E-state index < -0.39 is 6.16 Å². The average Bonchev–Trinajstić information content (AvgIpc) is 2.80. The van der Waals surface area contributed by atoms with Crippen LogP contribution in [-0.4, -0.2) is 47.5 Å². The number of carboxylic acid groups (broad SMARTS) is 1. The molecule has 2 atom stereocenters. The van der Waals surface area contributed by atoms with Crippen molar-refractivity contribution in [2.75, 3.05) is 13.1 Å². The lowest BCUT2D eigenvalue weighted by Crippen LogP contribution is -2.45. The minimum absolute atomic E-state index is 0.130. The molecule has 1 N–H and O–H groups in total. The van der Waals surface area contributed by atoms with Gasteiger partial charge >= 0.3 is 6.16 Å². The van der Waals surface area contributed by atoms with Gasteiger partial charge < -0.3 is 19.5 Å². The van der Waals surface area contributed by atoms with Crippen molar-refractivity contribution >= 4 is 6.16 Å². The van der Waals surface area contributed by atoms with Crippen LogP contribution < -0.4 is 4.74 Å². The van der Waals surface area contributed by atoms with E-state index in [9.17, 15) is 4.79 Å². The van der Waals surface area contributed by atoms with Gasteiger partial charge in [-0.3, -0.25) is 0 Å². The standard InChI is InChI=1S/C28H43NO4/c1-28(2,3)22-9-13-25(14-10-22)32-24-11-7-20(8-12-24)21-5-4-6-23(19-21)29-17-15-26(16-18-29)33-27(30)31/h7-8,11-12,21-23,25-26H,4-6,9-10,13-19H2,1-3H3,(H,30,31)/t21?,22-,23?,25-. The summed E-state index contributed by atoms with van der Waals surface area (Å²) in [6.45, 7) is 8.98. The third-order valence-corrected chi connectivity index (χ3v) is 8.46. The molecule has 1 saturated heterocycles. The van der Waals surface area contributed by atoms with Gasteiger partial charge in [0.05, 0.1) is 6.10 Å². The summed E-state index contributed by atoms with van der Waals surface area (Å²) in [5.41, 5.74) is 1.85. The molecule has 0 spiro atoms. The van der Waals surface area contributed by atoms with Gasteiger partial charge in [-0.05, 0) is 92.7 Å². The quantitative estimate of drug-likeness (QED) is 0.490. The Morgan fingerprint density at radius 1 is 0.909 bits per heavy atom. The molecular formula is C28H43NO4. The summed E-state index contributed by atoms with van der Waals surface area (Å²) >= 11 is 0. The van der Waals surface area contributed by atoms with Gasteiger partial charge in [-0.2, -0.15) is 0 Å². The van der Waals surface area contributed by atoms with E-state index in [0.717, 1.165) is 37.6 Å². The van der Waals surface area contributed by atoms with Crippen molar-refractivity contribution < 1.29 is 19.4 Å². The van der Waals surface area contributed by atoms with Crippen molar-refractivity contribution in [3.05, 3.63) is 29.8 Å². The minimum atomic E-state index is -1.14. The van der Waals surface area contributed by atoms with Crippen LogP contribution in [0.25, 0.3) is 0 Å². The molecule has 0 bridgehead atoms. The van der Waals surface area contributed by atoms with Crippen molar-refractivity contribution in [1.82, 2.24) is 4.90 Å². The van der Waals surface area contributed by atoms with Gasteiger partial charge in [0.25, 0.3) is 0 Å². The van der Waals surface area contributed by atoms with Crippen LogP contribution in [0.5, 0.6) is 5.75 Å². The summed E-state index contributed by atoms with van der Waals surface area (Å²) in [5.74, 6) is 2.44. The molecule has 4 rings (SSSR count). The number of likely N-dealkylation sites (tertiary alicyclic amines) is 1. The van der Waals surface area contributed by atoms with Crippen LogP contribution in [0, 0.1) is 11.3 Å². The highest BCUT2D eigenvalue weighted by atomic mass is 16.7. The van der Waals surface area contributed by atoms with Crippen molar-refractivity contribution in [1.29, 1.82) is 0 Å². The molecule has 2 unspecified atom stereocenters. The maximum absolute atomic E-state index is 10.8. The summed E-state index contributed by atoms with van der Waals surface area (Å²) in [7, 11) is 0. The Bertz CT molecular complexity index is 755. The predicted molar refractivity (Wildman–Crippen MR) is 131 cm³/mol. The normalized spacial score (nSPS) is 30.0. The van der Waals surface area contributed by atoms with E-state index >= 15 is 0 Å². The van der Waals surface area contributed by atoms with Gasteiger partial charge in [0, 0.05) is 19.1 Å². The van der Waals surface area contributed by atoms with Crippen LogP contribution in [0.15, 0.2) is 24.3 Å². The molecule has 1 heterocycles. The number of piperidine rings is 1. The molecule has 0 radical (unpaired) electrons. The number of ether oxygens (including phenoxy) is 2. The van der Waals surface area contributed by atoms with Crippen LogP contribution in [0.2, 0.25) is 0 Å². The molecule has 0 amide bonds. The number of carbonyl (C=O) groups is 1. The van der Waals surface area contributed by atoms with Gasteiger partial charge in [-0.1, -0.05) is 39.3 Å². The highest BCUT2D eigenvalue weighted by Gasteiger charge is 2.32. The van der Waals surface area contributed by atoms with E-state index in [-0.39, 0.29) is 6.10 Å². The fraction of sp³-hybridized carbons (Fsp3) is 0.750. The highest BCUT2D eigenvalue weighted by molar-refractivity contribution is 5.57. The van der Waals surface area contributed by atoms with Crippen molar-refractivity contribution in [3.8, 4) is 5.75 Å². The third-order valence-electron chi connectivity index (χ3n) is 8.46. The van der Waals surface area contributed by atoms with E-state index in [1.54, 1.807) is 0 Å². The average molecular weight is 458 g/mol. The zero-order valence-corrected chi connectivity index (χ0v) is 20.8. The Labute approximate surface area is 199 Å². The summed E-state index contributed by atoms with van der Waals surface area (Å²) in [6.07, 6.45) is 10.6. The molecule has 1 aromatic carbocycles. The molecule has 0 aromatic heterocycles. The molecule has 2 saturated carbocycles. The first kappa shape index (κ1) is 24.4. The molecule has 1 aliphatic heterocycles. The first-order chi connectivity index (χ1) is 15.8. The second-order valence-corrected chi connectivity index (χ2v) is 11.7. The van der Waals surface area contributed by atoms with Crippen LogP contribution in [0.4, 0.5) is 4.79 Å². The largest absolute Gasteiger partial charge is 0.506 e. The third kappa shape index (κ3) is 6.65. The molecule has 3 fully saturated rings. The Morgan fingerprint density at radius 3 is 2.18 bits per heavy atom. The number of hydrogen-bond acceptors (Lipinski definition) is 4. The van der Waals surface area contributed by atoms with E-state index in [1.807, 2.05) is 0 Å². The predicted octanol–water partition coefficient (Wildman–Crippen LogP) is 6.86. The minimum Gasteiger partial charge on any atom is -0.490 e. The molecule has 1 aromatic rings. The fourth-order valence-corrected chi connectivity index (χ4v) is 6.36. The zero-order valence-electron chi connectivity index (χ0n) is 20.8. The van der Waals surface area contributed by atoms with Crippen molar-refractivity contribution in [2.24, 2.45) is 11.3 Å². The lowest BCUT2D eigenvalue weighted by Gasteiger charge is -2.41. The number of nitrogens with zero attached hydrogens (tertiary/aromatic N) is 1. The lowest BCUT2D eigenvalue weighted by atomic mass is 9.72. The number of benzene rings is 1. The smallest absolute Gasteiger partial charge is 0.490 e. The SMILES string of the molecule is CC(C)(C)[C@H]1CC[C@H](Oc2ccc(C3CCCC(N4CCC(OC(=O)O)CC4)C3)cc2)CC1. The Kier molecular flexibility index (Phi) is 7.88. The second-order valence-electron chi connectivity index (χ2n) is 11.7. The van der Waals surface area contributed by atoms with E-state index in [4.69, 9.17) is 14.6 Å². The van der Waals surface area contributed by atoms with E-state index in [0.29, 0.717) is 23.5 Å². The first-order valence-corrected chi connectivity index (χ1v) is 13.2. The molecule has 2 aliphatic carbocycles.